The summed E-state index contributed by atoms with van der Waals surface area (Å²) in [6.45, 7) is 6.10. The van der Waals surface area contributed by atoms with E-state index in [1.807, 2.05) is 30.1 Å². The molecule has 0 radical (unpaired) electrons. The van der Waals surface area contributed by atoms with E-state index >= 15 is 0 Å². The van der Waals surface area contributed by atoms with Gasteiger partial charge < -0.3 is 10.0 Å². The molecule has 2 atom stereocenters. The fourth-order valence-electron chi connectivity index (χ4n) is 2.16. The Morgan fingerprint density at radius 1 is 1.65 bits per heavy atom. The lowest BCUT2D eigenvalue weighted by Gasteiger charge is -2.34. The van der Waals surface area contributed by atoms with Crippen molar-refractivity contribution in [3.05, 3.63) is 23.9 Å². The van der Waals surface area contributed by atoms with Crippen LogP contribution in [0.3, 0.4) is 0 Å². The summed E-state index contributed by atoms with van der Waals surface area (Å²) in [4.78, 5) is 6.76. The predicted molar refractivity (Wildman–Crippen MR) is 73.6 cm³/mol. The number of hydrogen-bond acceptors (Lipinski definition) is 4. The molecule has 1 aliphatic rings. The zero-order chi connectivity index (χ0) is 12.3. The van der Waals surface area contributed by atoms with Crippen LogP contribution in [-0.2, 0) is 0 Å². The van der Waals surface area contributed by atoms with Gasteiger partial charge in [-0.05, 0) is 19.4 Å². The number of thioether (sulfide) groups is 1. The number of hydrogen-bond donors (Lipinski definition) is 1. The number of rotatable bonds is 3. The van der Waals surface area contributed by atoms with Gasteiger partial charge in [0.05, 0.1) is 6.10 Å². The molecule has 0 bridgehead atoms. The van der Waals surface area contributed by atoms with Crippen molar-refractivity contribution in [3.63, 3.8) is 0 Å². The number of anilines is 1. The average molecular weight is 252 g/mol. The summed E-state index contributed by atoms with van der Waals surface area (Å²) >= 11 is 2.04. The molecule has 1 fully saturated rings. The summed E-state index contributed by atoms with van der Waals surface area (Å²) in [5.74, 6) is 2.11. The van der Waals surface area contributed by atoms with Crippen molar-refractivity contribution >= 4 is 17.6 Å². The number of aliphatic hydroxyl groups is 1. The quantitative estimate of drug-likeness (QED) is 0.896. The van der Waals surface area contributed by atoms with Gasteiger partial charge in [0.15, 0.2) is 0 Å². The van der Waals surface area contributed by atoms with Crippen molar-refractivity contribution < 1.29 is 5.11 Å². The van der Waals surface area contributed by atoms with Gasteiger partial charge in [0.1, 0.15) is 5.82 Å². The molecule has 17 heavy (non-hydrogen) atoms. The zero-order valence-corrected chi connectivity index (χ0v) is 11.3. The van der Waals surface area contributed by atoms with Crippen LogP contribution in [0.5, 0.6) is 0 Å². The van der Waals surface area contributed by atoms with Crippen molar-refractivity contribution in [2.24, 2.45) is 0 Å². The highest BCUT2D eigenvalue weighted by Gasteiger charge is 2.22. The van der Waals surface area contributed by atoms with Crippen LogP contribution in [0.2, 0.25) is 0 Å². The van der Waals surface area contributed by atoms with Crippen molar-refractivity contribution in [3.8, 4) is 0 Å². The highest BCUT2D eigenvalue weighted by Crippen LogP contribution is 2.29. The maximum atomic E-state index is 9.79. The first-order chi connectivity index (χ1) is 8.22. The molecule has 1 saturated heterocycles. The molecular weight excluding hydrogens is 232 g/mol. The monoisotopic (exact) mass is 252 g/mol. The maximum absolute atomic E-state index is 9.79. The molecule has 94 valence electrons. The van der Waals surface area contributed by atoms with Crippen molar-refractivity contribution in [2.45, 2.75) is 31.6 Å². The molecule has 0 amide bonds. The van der Waals surface area contributed by atoms with Crippen LogP contribution < -0.4 is 4.90 Å². The summed E-state index contributed by atoms with van der Waals surface area (Å²) in [5.41, 5.74) is 0.939. The topological polar surface area (TPSA) is 36.4 Å². The summed E-state index contributed by atoms with van der Waals surface area (Å²) in [6, 6.07) is 3.86. The lowest BCUT2D eigenvalue weighted by Crippen LogP contribution is -2.38. The number of aromatic nitrogens is 1. The highest BCUT2D eigenvalue weighted by molar-refractivity contribution is 8.00. The third kappa shape index (κ3) is 2.93. The molecule has 3 nitrogen and oxygen atoms in total. The van der Waals surface area contributed by atoms with E-state index in [1.165, 1.54) is 6.42 Å². The Balaban J connectivity index is 2.21. The van der Waals surface area contributed by atoms with E-state index in [0.717, 1.165) is 30.2 Å². The molecular formula is C13H20N2OS. The summed E-state index contributed by atoms with van der Waals surface area (Å²) in [5, 5.41) is 10.5. The first-order valence-electron chi connectivity index (χ1n) is 6.22. The second-order valence-electron chi connectivity index (χ2n) is 4.44. The molecule has 1 aliphatic heterocycles. The Hall–Kier alpha value is -0.740. The van der Waals surface area contributed by atoms with E-state index in [0.29, 0.717) is 5.25 Å². The molecule has 2 heterocycles. The molecule has 1 aromatic heterocycles. The summed E-state index contributed by atoms with van der Waals surface area (Å²) in [7, 11) is 0. The van der Waals surface area contributed by atoms with Crippen molar-refractivity contribution in [1.82, 2.24) is 4.98 Å². The van der Waals surface area contributed by atoms with Crippen LogP contribution >= 0.6 is 11.8 Å². The first kappa shape index (κ1) is 12.7. The smallest absolute Gasteiger partial charge is 0.134 e. The molecule has 0 spiro atoms. The van der Waals surface area contributed by atoms with E-state index < -0.39 is 6.10 Å². The molecule has 0 aromatic carbocycles. The minimum Gasteiger partial charge on any atom is -0.389 e. The third-order valence-electron chi connectivity index (χ3n) is 3.16. The Morgan fingerprint density at radius 2 is 2.47 bits per heavy atom. The van der Waals surface area contributed by atoms with Gasteiger partial charge in [-0.3, -0.25) is 0 Å². The van der Waals surface area contributed by atoms with E-state index in [4.69, 9.17) is 0 Å². The lowest BCUT2D eigenvalue weighted by molar-refractivity contribution is 0.199. The van der Waals surface area contributed by atoms with Crippen LogP contribution in [0, 0.1) is 0 Å². The number of aliphatic hydroxyl groups excluding tert-OH is 1. The normalized spacial score (nSPS) is 22.5. The van der Waals surface area contributed by atoms with Crippen LogP contribution in [0.15, 0.2) is 18.3 Å². The van der Waals surface area contributed by atoms with Crippen LogP contribution in [0.25, 0.3) is 0 Å². The van der Waals surface area contributed by atoms with E-state index in [2.05, 4.69) is 16.8 Å². The lowest BCUT2D eigenvalue weighted by atomic mass is 10.1. The van der Waals surface area contributed by atoms with Crippen molar-refractivity contribution in [1.29, 1.82) is 0 Å². The zero-order valence-electron chi connectivity index (χ0n) is 10.5. The van der Waals surface area contributed by atoms with Gasteiger partial charge in [-0.1, -0.05) is 13.0 Å². The standard InChI is InChI=1S/C13H20N2OS/c1-3-11-9-15(7-8-17-11)13-12(10(2)16)5-4-6-14-13/h4-6,10-11,16H,3,7-9H2,1-2H3. The summed E-state index contributed by atoms with van der Waals surface area (Å²) in [6.07, 6.45) is 2.55. The molecule has 0 aliphatic carbocycles. The molecule has 0 saturated carbocycles. The summed E-state index contributed by atoms with van der Waals surface area (Å²) < 4.78 is 0. The SMILES string of the molecule is CCC1CN(c2ncccc2C(C)O)CCS1. The van der Waals surface area contributed by atoms with Gasteiger partial charge >= 0.3 is 0 Å². The van der Waals surface area contributed by atoms with E-state index in [9.17, 15) is 5.11 Å². The fourth-order valence-corrected chi connectivity index (χ4v) is 3.34. The number of nitrogens with zero attached hydrogens (tertiary/aromatic N) is 2. The van der Waals surface area contributed by atoms with Gasteiger partial charge in [-0.25, -0.2) is 4.98 Å². The second-order valence-corrected chi connectivity index (χ2v) is 5.85. The molecule has 4 heteroatoms. The van der Waals surface area contributed by atoms with E-state index in [-0.39, 0.29) is 0 Å². The van der Waals surface area contributed by atoms with Crippen LogP contribution in [0.4, 0.5) is 5.82 Å². The van der Waals surface area contributed by atoms with Gasteiger partial charge in [0.25, 0.3) is 0 Å². The van der Waals surface area contributed by atoms with Crippen LogP contribution in [0.1, 0.15) is 31.9 Å². The van der Waals surface area contributed by atoms with Gasteiger partial charge in [-0.2, -0.15) is 11.8 Å². The van der Waals surface area contributed by atoms with Gasteiger partial charge in [-0.15, -0.1) is 0 Å². The largest absolute Gasteiger partial charge is 0.389 e. The Kier molecular flexibility index (Phi) is 4.29. The maximum Gasteiger partial charge on any atom is 0.134 e. The Labute approximate surface area is 107 Å². The first-order valence-corrected chi connectivity index (χ1v) is 7.26. The Morgan fingerprint density at radius 3 is 3.18 bits per heavy atom. The minimum atomic E-state index is -0.451. The molecule has 1 aromatic rings. The van der Waals surface area contributed by atoms with E-state index in [1.54, 1.807) is 6.92 Å². The molecule has 2 rings (SSSR count). The number of pyridine rings is 1. The molecule has 1 N–H and O–H groups in total. The highest BCUT2D eigenvalue weighted by atomic mass is 32.2. The predicted octanol–water partition coefficient (Wildman–Crippen LogP) is 2.47. The van der Waals surface area contributed by atoms with Crippen molar-refractivity contribution in [2.75, 3.05) is 23.7 Å². The van der Waals surface area contributed by atoms with Gasteiger partial charge in [0, 0.05) is 35.9 Å². The second kappa shape index (κ2) is 5.74. The Bertz CT molecular complexity index is 370. The minimum absolute atomic E-state index is 0.451. The molecule has 2 unspecified atom stereocenters. The van der Waals surface area contributed by atoms with Gasteiger partial charge in [0.2, 0.25) is 0 Å². The van der Waals surface area contributed by atoms with Crippen LogP contribution in [-0.4, -0.2) is 34.2 Å². The third-order valence-corrected chi connectivity index (χ3v) is 4.53. The average Bonchev–Trinajstić information content (AvgIpc) is 2.39. The fraction of sp³-hybridized carbons (Fsp3) is 0.615.